The summed E-state index contributed by atoms with van der Waals surface area (Å²) in [4.78, 5) is 17.4. The van der Waals surface area contributed by atoms with Crippen LogP contribution < -0.4 is 0 Å². The van der Waals surface area contributed by atoms with Gasteiger partial charge in [-0.15, -0.1) is 0 Å². The molecule has 0 aliphatic carbocycles. The smallest absolute Gasteiger partial charge is 0.255 e. The van der Waals surface area contributed by atoms with E-state index in [9.17, 15) is 10.1 Å². The Labute approximate surface area is 205 Å². The minimum absolute atomic E-state index is 0.0401. The Morgan fingerprint density at radius 1 is 1.18 bits per heavy atom. The second kappa shape index (κ2) is 9.38. The van der Waals surface area contributed by atoms with Gasteiger partial charge in [-0.05, 0) is 75.3 Å². The number of likely N-dealkylation sites (tertiary alicyclic amines) is 1. The van der Waals surface area contributed by atoms with Crippen molar-refractivity contribution in [1.29, 1.82) is 5.26 Å². The van der Waals surface area contributed by atoms with Crippen molar-refractivity contribution in [1.82, 2.24) is 14.4 Å². The van der Waals surface area contributed by atoms with Crippen molar-refractivity contribution in [3.05, 3.63) is 68.3 Å². The molecule has 33 heavy (non-hydrogen) atoms. The summed E-state index contributed by atoms with van der Waals surface area (Å²) in [5, 5.41) is 11.4. The first-order valence-electron chi connectivity index (χ1n) is 11.1. The summed E-state index contributed by atoms with van der Waals surface area (Å²) in [5.41, 5.74) is 4.94. The molecule has 4 rings (SSSR count). The summed E-state index contributed by atoms with van der Waals surface area (Å²) in [5.74, 6) is -0.0401. The van der Waals surface area contributed by atoms with Crippen LogP contribution in [0.25, 0.3) is 10.9 Å². The quantitative estimate of drug-likeness (QED) is 0.498. The lowest BCUT2D eigenvalue weighted by Crippen LogP contribution is -2.44. The van der Waals surface area contributed by atoms with Gasteiger partial charge in [0.2, 0.25) is 0 Å². The zero-order valence-corrected chi connectivity index (χ0v) is 21.0. The Morgan fingerprint density at radius 2 is 1.88 bits per heavy atom. The van der Waals surface area contributed by atoms with Crippen molar-refractivity contribution in [2.45, 2.75) is 32.2 Å². The molecule has 2 heterocycles. The fourth-order valence-corrected chi connectivity index (χ4v) is 5.34. The molecule has 0 unspecified atom stereocenters. The predicted molar refractivity (Wildman–Crippen MR) is 134 cm³/mol. The Balaban J connectivity index is 1.65. The molecule has 7 heteroatoms. The normalized spacial score (nSPS) is 14.8. The first-order valence-corrected chi connectivity index (χ1v) is 11.9. The SMILES string of the molecule is Cc1cc(C#N)cc2c1cc(Cc1c(Cl)ccc(C(=O)N3CCC(N(C)C)CC3)c1Cl)n2C. The topological polar surface area (TPSA) is 52.3 Å². The number of nitrogens with zero attached hydrogens (tertiary/aromatic N) is 4. The van der Waals surface area contributed by atoms with Crippen LogP contribution in [0.5, 0.6) is 0 Å². The van der Waals surface area contributed by atoms with E-state index in [2.05, 4.69) is 35.7 Å². The number of carbonyl (C=O) groups is 1. The van der Waals surface area contributed by atoms with Crippen LogP contribution in [-0.2, 0) is 13.5 Å². The number of aryl methyl sites for hydroxylation is 2. The van der Waals surface area contributed by atoms with Crippen molar-refractivity contribution < 1.29 is 4.79 Å². The van der Waals surface area contributed by atoms with E-state index in [1.54, 1.807) is 12.1 Å². The molecule has 1 fully saturated rings. The number of fused-ring (bicyclic) bond motifs is 1. The first kappa shape index (κ1) is 23.6. The van der Waals surface area contributed by atoms with Crippen molar-refractivity contribution in [3.8, 4) is 6.07 Å². The summed E-state index contributed by atoms with van der Waals surface area (Å²) in [6.07, 6.45) is 2.40. The van der Waals surface area contributed by atoms with Gasteiger partial charge in [-0.25, -0.2) is 0 Å². The van der Waals surface area contributed by atoms with Crippen LogP contribution in [-0.4, -0.2) is 53.5 Å². The zero-order chi connectivity index (χ0) is 23.9. The van der Waals surface area contributed by atoms with Crippen molar-refractivity contribution >= 4 is 40.0 Å². The van der Waals surface area contributed by atoms with Gasteiger partial charge in [0.05, 0.1) is 22.2 Å². The van der Waals surface area contributed by atoms with Gasteiger partial charge in [0.1, 0.15) is 0 Å². The highest BCUT2D eigenvalue weighted by atomic mass is 35.5. The number of hydrogen-bond acceptors (Lipinski definition) is 3. The van der Waals surface area contributed by atoms with E-state index >= 15 is 0 Å². The molecule has 0 spiro atoms. The molecule has 1 amide bonds. The van der Waals surface area contributed by atoms with E-state index in [-0.39, 0.29) is 5.91 Å². The van der Waals surface area contributed by atoms with E-state index in [1.165, 1.54) is 0 Å². The molecule has 0 bridgehead atoms. The first-order chi connectivity index (χ1) is 15.7. The molecule has 0 radical (unpaired) electrons. The fraction of sp³-hybridized carbons (Fsp3) is 0.385. The third kappa shape index (κ3) is 4.48. The van der Waals surface area contributed by atoms with Crippen LogP contribution in [0, 0.1) is 18.3 Å². The molecular weight excluding hydrogens is 455 g/mol. The minimum Gasteiger partial charge on any atom is -0.347 e. The Morgan fingerprint density at radius 3 is 2.52 bits per heavy atom. The van der Waals surface area contributed by atoms with E-state index in [0.717, 1.165) is 53.7 Å². The number of halogens is 2. The van der Waals surface area contributed by atoms with Crippen LogP contribution in [0.15, 0.2) is 30.3 Å². The van der Waals surface area contributed by atoms with Gasteiger partial charge in [0.25, 0.3) is 5.91 Å². The summed E-state index contributed by atoms with van der Waals surface area (Å²) in [7, 11) is 6.14. The Bertz CT molecular complexity index is 1260. The summed E-state index contributed by atoms with van der Waals surface area (Å²) >= 11 is 13.4. The second-order valence-electron chi connectivity index (χ2n) is 9.08. The number of nitriles is 1. The average molecular weight is 483 g/mol. The number of hydrogen-bond donors (Lipinski definition) is 0. The summed E-state index contributed by atoms with van der Waals surface area (Å²) in [6.45, 7) is 3.45. The maximum atomic E-state index is 13.3. The molecule has 0 saturated carbocycles. The van der Waals surface area contributed by atoms with Crippen molar-refractivity contribution in [2.75, 3.05) is 27.2 Å². The zero-order valence-electron chi connectivity index (χ0n) is 19.5. The van der Waals surface area contributed by atoms with Crippen LogP contribution >= 0.6 is 23.2 Å². The van der Waals surface area contributed by atoms with Gasteiger partial charge in [-0.2, -0.15) is 5.26 Å². The average Bonchev–Trinajstić information content (AvgIpc) is 3.12. The van der Waals surface area contributed by atoms with Crippen LogP contribution in [0.4, 0.5) is 0 Å². The Kier molecular flexibility index (Phi) is 6.72. The molecule has 172 valence electrons. The highest BCUT2D eigenvalue weighted by Gasteiger charge is 2.27. The molecule has 1 aromatic heterocycles. The van der Waals surface area contributed by atoms with Gasteiger partial charge in [0.15, 0.2) is 0 Å². The molecular formula is C26H28Cl2N4O. The summed E-state index contributed by atoms with van der Waals surface area (Å²) < 4.78 is 2.07. The van der Waals surface area contributed by atoms with E-state index in [4.69, 9.17) is 23.2 Å². The van der Waals surface area contributed by atoms with Gasteiger partial charge in [-0.1, -0.05) is 23.2 Å². The number of amides is 1. The maximum absolute atomic E-state index is 13.3. The Hall–Kier alpha value is -2.52. The van der Waals surface area contributed by atoms with Gasteiger partial charge in [-0.3, -0.25) is 4.79 Å². The molecule has 1 aliphatic heterocycles. The monoisotopic (exact) mass is 482 g/mol. The second-order valence-corrected chi connectivity index (χ2v) is 9.87. The molecule has 5 nitrogen and oxygen atoms in total. The third-order valence-corrected chi connectivity index (χ3v) is 7.64. The predicted octanol–water partition coefficient (Wildman–Crippen LogP) is 5.42. The number of carbonyl (C=O) groups excluding carboxylic acids is 1. The highest BCUT2D eigenvalue weighted by molar-refractivity contribution is 6.38. The number of benzene rings is 2. The molecule has 0 atom stereocenters. The minimum atomic E-state index is -0.0401. The molecule has 1 saturated heterocycles. The van der Waals surface area contributed by atoms with Gasteiger partial charge in [0, 0.05) is 54.2 Å². The van der Waals surface area contributed by atoms with E-state index < -0.39 is 0 Å². The lowest BCUT2D eigenvalue weighted by molar-refractivity contribution is 0.0663. The van der Waals surface area contributed by atoms with Crippen molar-refractivity contribution in [2.24, 2.45) is 7.05 Å². The highest BCUT2D eigenvalue weighted by Crippen LogP contribution is 2.33. The third-order valence-electron chi connectivity index (χ3n) is 6.85. The molecule has 1 aliphatic rings. The number of rotatable bonds is 4. The lowest BCUT2D eigenvalue weighted by atomic mass is 10.0. The maximum Gasteiger partial charge on any atom is 0.255 e. The van der Waals surface area contributed by atoms with Crippen LogP contribution in [0.3, 0.4) is 0 Å². The molecule has 3 aromatic rings. The largest absolute Gasteiger partial charge is 0.347 e. The number of aromatic nitrogens is 1. The molecule has 2 aromatic carbocycles. The van der Waals surface area contributed by atoms with Crippen LogP contribution in [0.1, 0.15) is 45.6 Å². The van der Waals surface area contributed by atoms with Gasteiger partial charge < -0.3 is 14.4 Å². The summed E-state index contributed by atoms with van der Waals surface area (Å²) in [6, 6.07) is 12.1. The van der Waals surface area contributed by atoms with Gasteiger partial charge >= 0.3 is 0 Å². The lowest BCUT2D eigenvalue weighted by Gasteiger charge is -2.35. The molecule has 0 N–H and O–H groups in total. The van der Waals surface area contributed by atoms with E-state index in [0.29, 0.717) is 33.6 Å². The fourth-order valence-electron chi connectivity index (χ4n) is 4.76. The number of piperidine rings is 1. The van der Waals surface area contributed by atoms with Crippen LogP contribution in [0.2, 0.25) is 10.0 Å². The van der Waals surface area contributed by atoms with Crippen molar-refractivity contribution in [3.63, 3.8) is 0 Å². The van der Waals surface area contributed by atoms with E-state index in [1.807, 2.05) is 31.0 Å². The standard InChI is InChI=1S/C26H28Cl2N4O/c1-16-11-17(15-29)12-24-21(16)13-19(31(24)4)14-22-23(27)6-5-20(25(22)28)26(33)32-9-7-18(8-10-32)30(2)3/h5-6,11-13,18H,7-10,14H2,1-4H3.